The molecule has 0 aliphatic heterocycles. The fourth-order valence-corrected chi connectivity index (χ4v) is 1.72. The zero-order chi connectivity index (χ0) is 17.0. The molecular weight excluding hydrogens is 322 g/mol. The van der Waals surface area contributed by atoms with Crippen molar-refractivity contribution < 1.29 is 31.1 Å². The first kappa shape index (κ1) is 19.9. The number of hydrogen-bond acceptors (Lipinski definition) is 2. The Morgan fingerprint density at radius 3 is 1.86 bits per heavy atom. The average molecular weight is 338 g/mol. The van der Waals surface area contributed by atoms with E-state index in [4.69, 9.17) is 5.73 Å². The molecule has 0 atom stereocenters. The summed E-state index contributed by atoms with van der Waals surface area (Å²) >= 11 is 4.52. The summed E-state index contributed by atoms with van der Waals surface area (Å²) in [5.41, 5.74) is 5.17. The van der Waals surface area contributed by atoms with E-state index in [2.05, 4.69) is 12.2 Å². The average Bonchev–Trinajstić information content (AvgIpc) is 2.18. The van der Waals surface area contributed by atoms with Gasteiger partial charge < -0.3 is 10.6 Å². The van der Waals surface area contributed by atoms with E-state index in [0.717, 1.165) is 0 Å². The van der Waals surface area contributed by atoms with Gasteiger partial charge in [-0.2, -0.15) is 26.3 Å². The minimum atomic E-state index is -5.70. The number of nitrogens with two attached hydrogens (primary N) is 1. The molecule has 2 N–H and O–H groups in total. The van der Waals surface area contributed by atoms with Crippen LogP contribution in [0.5, 0.6) is 0 Å². The lowest BCUT2D eigenvalue weighted by molar-refractivity contribution is -0.277. The highest BCUT2D eigenvalue weighted by Crippen LogP contribution is 2.40. The van der Waals surface area contributed by atoms with Crippen molar-refractivity contribution in [3.05, 3.63) is 0 Å². The number of hydrogen-bond donors (Lipinski definition) is 1. The third-order valence-electron chi connectivity index (χ3n) is 2.43. The largest absolute Gasteiger partial charge is 0.409 e. The van der Waals surface area contributed by atoms with E-state index in [0.29, 0.717) is 4.90 Å². The van der Waals surface area contributed by atoms with Crippen LogP contribution in [0, 0.1) is 11.8 Å². The van der Waals surface area contributed by atoms with Crippen LogP contribution in [-0.2, 0) is 4.79 Å². The van der Waals surface area contributed by atoms with Crippen molar-refractivity contribution in [2.24, 2.45) is 17.6 Å². The summed E-state index contributed by atoms with van der Waals surface area (Å²) in [5.74, 6) is -6.36. The summed E-state index contributed by atoms with van der Waals surface area (Å²) in [6.45, 7) is 2.51. The van der Waals surface area contributed by atoms with Gasteiger partial charge in [0.05, 0.1) is 4.99 Å². The van der Waals surface area contributed by atoms with E-state index < -0.39 is 24.2 Å². The third kappa shape index (κ3) is 6.96. The first-order valence-corrected chi connectivity index (χ1v) is 6.38. The van der Waals surface area contributed by atoms with Gasteiger partial charge in [0.2, 0.25) is 11.8 Å². The number of rotatable bonds is 6. The molecule has 21 heavy (non-hydrogen) atoms. The molecule has 0 aromatic carbocycles. The minimum absolute atomic E-state index is 0.0906. The van der Waals surface area contributed by atoms with Crippen molar-refractivity contribution in [3.8, 4) is 0 Å². The van der Waals surface area contributed by atoms with Crippen LogP contribution in [0.3, 0.4) is 0 Å². The van der Waals surface area contributed by atoms with E-state index in [9.17, 15) is 31.1 Å². The van der Waals surface area contributed by atoms with Crippen LogP contribution in [0.25, 0.3) is 0 Å². The first-order chi connectivity index (χ1) is 9.26. The molecular formula is C11H16F6N2OS. The Morgan fingerprint density at radius 1 is 1.14 bits per heavy atom. The topological polar surface area (TPSA) is 46.3 Å². The maximum Gasteiger partial charge on any atom is 0.409 e. The van der Waals surface area contributed by atoms with Crippen LogP contribution in [0.1, 0.15) is 20.3 Å². The van der Waals surface area contributed by atoms with Gasteiger partial charge in [0.25, 0.3) is 0 Å². The molecule has 0 fully saturated rings. The molecule has 0 rings (SSSR count). The molecule has 3 nitrogen and oxygen atoms in total. The fraction of sp³-hybridized carbons (Fsp3) is 0.818. The predicted octanol–water partition coefficient (Wildman–Crippen LogP) is 2.89. The highest BCUT2D eigenvalue weighted by Gasteiger charge is 2.62. The Kier molecular flexibility index (Phi) is 6.91. The number of halogens is 6. The van der Waals surface area contributed by atoms with Gasteiger partial charge in [0.15, 0.2) is 0 Å². The van der Waals surface area contributed by atoms with Crippen LogP contribution in [-0.4, -0.2) is 41.2 Å². The monoisotopic (exact) mass is 338 g/mol. The number of amides is 1. The molecule has 0 aromatic rings. The maximum atomic E-state index is 12.5. The van der Waals surface area contributed by atoms with E-state index in [1.54, 1.807) is 13.8 Å². The van der Waals surface area contributed by atoms with Crippen molar-refractivity contribution in [1.29, 1.82) is 0 Å². The van der Waals surface area contributed by atoms with Crippen LogP contribution >= 0.6 is 12.2 Å². The van der Waals surface area contributed by atoms with E-state index in [1.807, 2.05) is 0 Å². The van der Waals surface area contributed by atoms with Gasteiger partial charge in [0, 0.05) is 19.5 Å². The van der Waals surface area contributed by atoms with Crippen LogP contribution in [0.2, 0.25) is 0 Å². The standard InChI is InChI=1S/C11H16F6N2OS/c1-6(2)5-19(4-3-7(18)21)9(20)8(10(12,13)14)11(15,16)17/h6,8H,3-5H2,1-2H3,(H2,18,21). The first-order valence-electron chi connectivity index (χ1n) is 5.97. The summed E-state index contributed by atoms with van der Waals surface area (Å²) in [7, 11) is 0. The van der Waals surface area contributed by atoms with Crippen molar-refractivity contribution in [1.82, 2.24) is 4.90 Å². The molecule has 0 saturated heterocycles. The smallest absolute Gasteiger partial charge is 0.393 e. The highest BCUT2D eigenvalue weighted by atomic mass is 32.1. The van der Waals surface area contributed by atoms with E-state index >= 15 is 0 Å². The molecule has 0 radical (unpaired) electrons. The SMILES string of the molecule is CC(C)CN(CCC(N)=S)C(=O)C(C(F)(F)F)C(F)(F)F. The van der Waals surface area contributed by atoms with Gasteiger partial charge in [-0.15, -0.1) is 0 Å². The van der Waals surface area contributed by atoms with Crippen LogP contribution in [0.15, 0.2) is 0 Å². The van der Waals surface area contributed by atoms with E-state index in [-0.39, 0.29) is 30.4 Å². The van der Waals surface area contributed by atoms with Gasteiger partial charge in [-0.25, -0.2) is 0 Å². The Labute approximate surface area is 123 Å². The summed E-state index contributed by atoms with van der Waals surface area (Å²) in [6.07, 6.45) is -11.5. The molecule has 10 heteroatoms. The second kappa shape index (κ2) is 7.28. The normalized spacial score (nSPS) is 12.9. The maximum absolute atomic E-state index is 12.5. The summed E-state index contributed by atoms with van der Waals surface area (Å²) < 4.78 is 75.3. The van der Waals surface area contributed by atoms with Crippen LogP contribution < -0.4 is 5.73 Å². The lowest BCUT2D eigenvalue weighted by Gasteiger charge is -2.30. The molecule has 1 amide bonds. The van der Waals surface area contributed by atoms with Gasteiger partial charge in [-0.3, -0.25) is 4.79 Å². The summed E-state index contributed by atoms with van der Waals surface area (Å²) in [4.78, 5) is 12.1. The fourth-order valence-electron chi connectivity index (χ4n) is 1.63. The molecule has 124 valence electrons. The van der Waals surface area contributed by atoms with E-state index in [1.165, 1.54) is 0 Å². The zero-order valence-electron chi connectivity index (χ0n) is 11.4. The molecule has 0 saturated carbocycles. The minimum Gasteiger partial charge on any atom is -0.393 e. The number of carbonyl (C=O) groups excluding carboxylic acids is 1. The van der Waals surface area contributed by atoms with Crippen molar-refractivity contribution in [2.75, 3.05) is 13.1 Å². The van der Waals surface area contributed by atoms with Gasteiger partial charge in [0.1, 0.15) is 0 Å². The van der Waals surface area contributed by atoms with Gasteiger partial charge in [-0.05, 0) is 5.92 Å². The zero-order valence-corrected chi connectivity index (χ0v) is 12.2. The van der Waals surface area contributed by atoms with Gasteiger partial charge in [-0.1, -0.05) is 26.1 Å². The lowest BCUT2D eigenvalue weighted by Crippen LogP contribution is -2.51. The molecule has 0 spiro atoms. The van der Waals surface area contributed by atoms with Gasteiger partial charge >= 0.3 is 12.4 Å². The molecule has 0 aliphatic rings. The second-order valence-electron chi connectivity index (χ2n) is 4.91. The predicted molar refractivity (Wildman–Crippen MR) is 68.4 cm³/mol. The van der Waals surface area contributed by atoms with Crippen LogP contribution in [0.4, 0.5) is 26.3 Å². The molecule has 0 heterocycles. The molecule has 0 bridgehead atoms. The summed E-state index contributed by atoms with van der Waals surface area (Å²) in [5, 5.41) is 0. The third-order valence-corrected chi connectivity index (χ3v) is 2.63. The summed E-state index contributed by atoms with van der Waals surface area (Å²) in [6, 6.07) is 0. The number of carbonyl (C=O) groups is 1. The number of alkyl halides is 6. The Balaban J connectivity index is 5.34. The van der Waals surface area contributed by atoms with Crippen molar-refractivity contribution >= 4 is 23.1 Å². The molecule has 0 aromatic heterocycles. The van der Waals surface area contributed by atoms with Crippen molar-refractivity contribution in [2.45, 2.75) is 32.6 Å². The Morgan fingerprint density at radius 2 is 1.57 bits per heavy atom. The second-order valence-corrected chi connectivity index (χ2v) is 5.44. The molecule has 0 aliphatic carbocycles. The Hall–Kier alpha value is -1.06. The van der Waals surface area contributed by atoms with Crippen molar-refractivity contribution in [3.63, 3.8) is 0 Å². The quantitative estimate of drug-likeness (QED) is 0.598. The number of thiocarbonyl (C=S) groups is 1. The number of nitrogens with zero attached hydrogens (tertiary/aromatic N) is 1. The highest BCUT2D eigenvalue weighted by molar-refractivity contribution is 7.80. The molecule has 0 unspecified atom stereocenters. The lowest BCUT2D eigenvalue weighted by atomic mass is 10.1. The Bertz CT molecular complexity index is 366.